The van der Waals surface area contributed by atoms with Gasteiger partial charge in [0, 0.05) is 73.3 Å². The van der Waals surface area contributed by atoms with Crippen LogP contribution in [0, 0.1) is 11.3 Å². The van der Waals surface area contributed by atoms with Crippen LogP contribution < -0.4 is 25.8 Å². The van der Waals surface area contributed by atoms with Crippen molar-refractivity contribution in [2.45, 2.75) is 43.0 Å². The fourth-order valence-corrected chi connectivity index (χ4v) is 7.30. The average molecular weight is 630 g/mol. The number of esters is 1. The number of amides is 3. The SMILES string of the molecule is CN(C)c1ccc2cc3ccc(N(C)C)c(/C=C(\C#N)C(=O)OCCNC(=O)CCCCC4SCC5NC(=O)NC54)c3nc2c1. The van der Waals surface area contributed by atoms with E-state index in [9.17, 15) is 19.6 Å². The first-order valence-corrected chi connectivity index (χ1v) is 16.2. The van der Waals surface area contributed by atoms with Gasteiger partial charge in [-0.3, -0.25) is 4.79 Å². The number of unbranched alkanes of at least 4 members (excludes halogenated alkanes) is 1. The lowest BCUT2D eigenvalue weighted by Crippen LogP contribution is -2.36. The molecule has 0 radical (unpaired) electrons. The Bertz CT molecular complexity index is 1680. The van der Waals surface area contributed by atoms with E-state index in [2.05, 4.69) is 22.0 Å². The van der Waals surface area contributed by atoms with E-state index in [4.69, 9.17) is 9.72 Å². The van der Waals surface area contributed by atoms with Gasteiger partial charge in [-0.05, 0) is 43.2 Å². The topological polar surface area (TPSA) is 140 Å². The molecular formula is C33H39N7O4S. The maximum Gasteiger partial charge on any atom is 0.348 e. The monoisotopic (exact) mass is 629 g/mol. The second-order valence-electron chi connectivity index (χ2n) is 11.7. The van der Waals surface area contributed by atoms with Crippen molar-refractivity contribution < 1.29 is 19.1 Å². The predicted octanol–water partition coefficient (Wildman–Crippen LogP) is 3.81. The number of benzene rings is 2. The second kappa shape index (κ2) is 14.1. The summed E-state index contributed by atoms with van der Waals surface area (Å²) in [6.07, 6.45) is 4.48. The molecule has 2 aliphatic rings. The number of carbonyl (C=O) groups is 3. The molecule has 3 N–H and O–H groups in total. The highest BCUT2D eigenvalue weighted by molar-refractivity contribution is 8.00. The minimum Gasteiger partial charge on any atom is -0.460 e. The van der Waals surface area contributed by atoms with Crippen LogP contribution in [0.3, 0.4) is 0 Å². The number of fused-ring (bicyclic) bond motifs is 3. The minimum atomic E-state index is -0.759. The third kappa shape index (κ3) is 7.42. The summed E-state index contributed by atoms with van der Waals surface area (Å²) >= 11 is 1.86. The van der Waals surface area contributed by atoms with Gasteiger partial charge in [0.05, 0.1) is 29.7 Å². The minimum absolute atomic E-state index is 0.0512. The Kier molecular flexibility index (Phi) is 9.98. The number of aromatic nitrogens is 1. The van der Waals surface area contributed by atoms with Crippen LogP contribution in [-0.4, -0.2) is 87.3 Å². The van der Waals surface area contributed by atoms with Crippen molar-refractivity contribution in [3.63, 3.8) is 0 Å². The molecule has 2 aliphatic heterocycles. The first-order valence-electron chi connectivity index (χ1n) is 15.1. The Morgan fingerprint density at radius 1 is 1.11 bits per heavy atom. The summed E-state index contributed by atoms with van der Waals surface area (Å²) in [6.45, 7) is 0.104. The van der Waals surface area contributed by atoms with Gasteiger partial charge in [0.15, 0.2) is 0 Å². The molecule has 0 saturated carbocycles. The lowest BCUT2D eigenvalue weighted by atomic mass is 10.0. The van der Waals surface area contributed by atoms with Crippen molar-refractivity contribution in [3.8, 4) is 6.07 Å². The lowest BCUT2D eigenvalue weighted by Gasteiger charge is -2.18. The van der Waals surface area contributed by atoms with Crippen LogP contribution >= 0.6 is 11.8 Å². The van der Waals surface area contributed by atoms with Crippen LogP contribution in [0.2, 0.25) is 0 Å². The van der Waals surface area contributed by atoms with Gasteiger partial charge in [0.25, 0.3) is 0 Å². The van der Waals surface area contributed by atoms with Crippen molar-refractivity contribution in [1.82, 2.24) is 20.9 Å². The number of hydrogen-bond donors (Lipinski definition) is 3. The quantitative estimate of drug-likeness (QED) is 0.0682. The molecule has 1 aromatic heterocycles. The molecular weight excluding hydrogens is 590 g/mol. The molecule has 45 heavy (non-hydrogen) atoms. The smallest absolute Gasteiger partial charge is 0.348 e. The third-order valence-corrected chi connectivity index (χ3v) is 9.66. The molecule has 2 fully saturated rings. The van der Waals surface area contributed by atoms with E-state index in [0.29, 0.717) is 22.8 Å². The zero-order valence-electron chi connectivity index (χ0n) is 26.1. The van der Waals surface area contributed by atoms with Crippen LogP contribution in [0.1, 0.15) is 31.2 Å². The van der Waals surface area contributed by atoms with Gasteiger partial charge in [-0.2, -0.15) is 17.0 Å². The fourth-order valence-electron chi connectivity index (χ4n) is 5.76. The van der Waals surface area contributed by atoms with E-state index in [1.807, 2.05) is 86.2 Å². The van der Waals surface area contributed by atoms with Crippen molar-refractivity contribution in [1.29, 1.82) is 5.26 Å². The number of hydrogen-bond acceptors (Lipinski definition) is 9. The van der Waals surface area contributed by atoms with Crippen molar-refractivity contribution in [3.05, 3.63) is 47.5 Å². The van der Waals surface area contributed by atoms with Crippen LogP contribution in [0.25, 0.3) is 27.9 Å². The number of thioether (sulfide) groups is 1. The maximum absolute atomic E-state index is 12.9. The van der Waals surface area contributed by atoms with Gasteiger partial charge in [-0.25, -0.2) is 14.6 Å². The number of rotatable bonds is 12. The Hall–Kier alpha value is -4.50. The highest BCUT2D eigenvalue weighted by Crippen LogP contribution is 2.34. The largest absolute Gasteiger partial charge is 0.460 e. The number of nitriles is 1. The number of urea groups is 1. The van der Waals surface area contributed by atoms with Crippen LogP contribution in [-0.2, 0) is 14.3 Å². The van der Waals surface area contributed by atoms with Crippen molar-refractivity contribution >= 4 is 68.9 Å². The van der Waals surface area contributed by atoms with Crippen LogP contribution in [0.15, 0.2) is 42.0 Å². The summed E-state index contributed by atoms with van der Waals surface area (Å²) in [4.78, 5) is 45.6. The van der Waals surface area contributed by atoms with Crippen LogP contribution in [0.5, 0.6) is 0 Å². The number of nitrogens with zero attached hydrogens (tertiary/aromatic N) is 4. The van der Waals surface area contributed by atoms with Gasteiger partial charge in [-0.15, -0.1) is 0 Å². The van der Waals surface area contributed by atoms with Gasteiger partial charge in [-0.1, -0.05) is 18.6 Å². The van der Waals surface area contributed by atoms with Gasteiger partial charge in [0.2, 0.25) is 5.91 Å². The summed E-state index contributed by atoms with van der Waals surface area (Å²) < 4.78 is 5.36. The van der Waals surface area contributed by atoms with Crippen molar-refractivity contribution in [2.24, 2.45) is 0 Å². The molecule has 2 aromatic carbocycles. The molecule has 3 atom stereocenters. The molecule has 0 bridgehead atoms. The molecule has 2 saturated heterocycles. The number of pyridine rings is 1. The molecule has 5 rings (SSSR count). The van der Waals surface area contributed by atoms with Gasteiger partial charge >= 0.3 is 12.0 Å². The Labute approximate surface area is 267 Å². The molecule has 11 nitrogen and oxygen atoms in total. The predicted molar refractivity (Wildman–Crippen MR) is 179 cm³/mol. The number of anilines is 2. The van der Waals surface area contributed by atoms with Crippen LogP contribution in [0.4, 0.5) is 16.2 Å². The standard InChI is InChI=1S/C33H39N7O4S/c1-39(2)23-11-9-20-15-21-10-12-27(40(3)4)24(30(21)36-25(20)17-23)16-22(18-34)32(42)44-14-13-35-29(41)8-6-5-7-28-31-26(19-45-28)37-33(43)38-31/h9-12,15-17,26,28,31H,5-8,13-14,19H2,1-4H3,(H,35,41)(H2,37,38,43)/b22-16+. The Morgan fingerprint density at radius 3 is 2.67 bits per heavy atom. The molecule has 3 heterocycles. The van der Waals surface area contributed by atoms with Crippen molar-refractivity contribution in [2.75, 3.05) is 56.9 Å². The summed E-state index contributed by atoms with van der Waals surface area (Å²) in [5.41, 5.74) is 3.80. The zero-order chi connectivity index (χ0) is 32.1. The van der Waals surface area contributed by atoms with E-state index in [1.165, 1.54) is 6.08 Å². The molecule has 12 heteroatoms. The third-order valence-electron chi connectivity index (χ3n) is 8.15. The van der Waals surface area contributed by atoms with Gasteiger partial charge < -0.3 is 30.5 Å². The molecule has 3 unspecified atom stereocenters. The van der Waals surface area contributed by atoms with E-state index < -0.39 is 5.97 Å². The summed E-state index contributed by atoms with van der Waals surface area (Å²) in [6, 6.07) is 14.3. The van der Waals surface area contributed by atoms with E-state index in [-0.39, 0.29) is 42.7 Å². The fraction of sp³-hybridized carbons (Fsp3) is 0.424. The number of nitrogens with one attached hydrogen (secondary N) is 3. The summed E-state index contributed by atoms with van der Waals surface area (Å²) in [5.74, 6) is 0.0441. The average Bonchev–Trinajstić information content (AvgIpc) is 3.57. The zero-order valence-corrected chi connectivity index (χ0v) is 26.9. The Balaban J connectivity index is 1.17. The molecule has 0 spiro atoms. The second-order valence-corrected chi connectivity index (χ2v) is 13.0. The highest BCUT2D eigenvalue weighted by Gasteiger charge is 2.42. The first kappa shape index (κ1) is 31.9. The van der Waals surface area contributed by atoms with E-state index in [0.717, 1.165) is 52.7 Å². The molecule has 3 aromatic rings. The molecule has 236 valence electrons. The molecule has 3 amide bonds. The summed E-state index contributed by atoms with van der Waals surface area (Å²) in [7, 11) is 7.73. The van der Waals surface area contributed by atoms with E-state index >= 15 is 0 Å². The first-order chi connectivity index (χ1) is 21.6. The van der Waals surface area contributed by atoms with E-state index in [1.54, 1.807) is 0 Å². The normalized spacial score (nSPS) is 19.0. The Morgan fingerprint density at radius 2 is 1.91 bits per heavy atom. The van der Waals surface area contributed by atoms with Gasteiger partial charge in [0.1, 0.15) is 18.2 Å². The lowest BCUT2D eigenvalue weighted by molar-refractivity contribution is -0.138. The number of ether oxygens (including phenoxy) is 1. The summed E-state index contributed by atoms with van der Waals surface area (Å²) in [5, 5.41) is 20.8. The molecule has 0 aliphatic carbocycles. The maximum atomic E-state index is 12.9. The highest BCUT2D eigenvalue weighted by atomic mass is 32.2. The number of carbonyl (C=O) groups excluding carboxylic acids is 3.